The number of nitrogens with zero attached hydrogens (tertiary/aromatic N) is 1. The lowest BCUT2D eigenvalue weighted by molar-refractivity contribution is -0.165. The van der Waals surface area contributed by atoms with Gasteiger partial charge in [0.15, 0.2) is 0 Å². The number of ketones is 1. The number of carbonyl (C=O) groups is 2. The Morgan fingerprint density at radius 1 is 1.24 bits per heavy atom. The summed E-state index contributed by atoms with van der Waals surface area (Å²) >= 11 is 0. The molecule has 0 saturated heterocycles. The SMILES string of the molecule is O=C1c2cccc3c2N(CCC3)C(=O)C1(O)O. The van der Waals surface area contributed by atoms with Gasteiger partial charge in [0.2, 0.25) is 5.78 Å². The Morgan fingerprint density at radius 2 is 2.00 bits per heavy atom. The first-order valence-corrected chi connectivity index (χ1v) is 5.47. The summed E-state index contributed by atoms with van der Waals surface area (Å²) in [6.45, 7) is 0.416. The summed E-state index contributed by atoms with van der Waals surface area (Å²) in [6, 6.07) is 5.07. The smallest absolute Gasteiger partial charge is 0.311 e. The van der Waals surface area contributed by atoms with E-state index in [4.69, 9.17) is 0 Å². The van der Waals surface area contributed by atoms with Crippen molar-refractivity contribution in [2.24, 2.45) is 0 Å². The summed E-state index contributed by atoms with van der Waals surface area (Å²) in [5.41, 5.74) is 1.67. The van der Waals surface area contributed by atoms with Gasteiger partial charge in [0.1, 0.15) is 0 Å². The maximum atomic E-state index is 11.8. The lowest BCUT2D eigenvalue weighted by atomic mass is 9.88. The molecular weight excluding hydrogens is 222 g/mol. The van der Waals surface area contributed by atoms with Crippen molar-refractivity contribution >= 4 is 17.4 Å². The molecule has 0 fully saturated rings. The van der Waals surface area contributed by atoms with Crippen LogP contribution in [0.4, 0.5) is 5.69 Å². The van der Waals surface area contributed by atoms with Crippen LogP contribution in [0.2, 0.25) is 0 Å². The zero-order valence-corrected chi connectivity index (χ0v) is 9.01. The normalized spacial score (nSPS) is 21.4. The highest BCUT2D eigenvalue weighted by Crippen LogP contribution is 2.37. The molecule has 2 N–H and O–H groups in total. The molecule has 0 aliphatic carbocycles. The van der Waals surface area contributed by atoms with E-state index in [1.807, 2.05) is 6.07 Å². The number of hydrogen-bond acceptors (Lipinski definition) is 4. The van der Waals surface area contributed by atoms with Crippen molar-refractivity contribution in [1.29, 1.82) is 0 Å². The molecule has 5 heteroatoms. The number of amides is 1. The van der Waals surface area contributed by atoms with Crippen LogP contribution >= 0.6 is 0 Å². The van der Waals surface area contributed by atoms with Crippen molar-refractivity contribution in [3.05, 3.63) is 29.3 Å². The van der Waals surface area contributed by atoms with Crippen LogP contribution in [0.3, 0.4) is 0 Å². The Morgan fingerprint density at radius 3 is 2.76 bits per heavy atom. The molecule has 2 aliphatic rings. The summed E-state index contributed by atoms with van der Waals surface area (Å²) in [4.78, 5) is 25.0. The van der Waals surface area contributed by atoms with E-state index in [0.29, 0.717) is 12.2 Å². The highest BCUT2D eigenvalue weighted by molar-refractivity contribution is 6.26. The monoisotopic (exact) mass is 233 g/mol. The first-order chi connectivity index (χ1) is 8.03. The number of Topliss-reactive ketones (excluding diaryl/α,β-unsaturated/α-hetero) is 1. The first kappa shape index (κ1) is 10.4. The molecule has 0 unspecified atom stereocenters. The fraction of sp³-hybridized carbons (Fsp3) is 0.333. The molecular formula is C12H11NO4. The molecule has 0 bridgehead atoms. The van der Waals surface area contributed by atoms with Gasteiger partial charge in [-0.25, -0.2) is 0 Å². The lowest BCUT2D eigenvalue weighted by Gasteiger charge is -2.38. The highest BCUT2D eigenvalue weighted by Gasteiger charge is 2.51. The van der Waals surface area contributed by atoms with E-state index in [0.717, 1.165) is 18.4 Å². The fourth-order valence-electron chi connectivity index (χ4n) is 2.51. The van der Waals surface area contributed by atoms with Crippen LogP contribution in [0.15, 0.2) is 18.2 Å². The van der Waals surface area contributed by atoms with Gasteiger partial charge in [0.25, 0.3) is 5.91 Å². The van der Waals surface area contributed by atoms with Crippen molar-refractivity contribution in [1.82, 2.24) is 0 Å². The topological polar surface area (TPSA) is 77.8 Å². The molecule has 0 atom stereocenters. The van der Waals surface area contributed by atoms with E-state index in [-0.39, 0.29) is 5.56 Å². The zero-order chi connectivity index (χ0) is 12.2. The summed E-state index contributed by atoms with van der Waals surface area (Å²) in [7, 11) is 0. The average molecular weight is 233 g/mol. The summed E-state index contributed by atoms with van der Waals surface area (Å²) in [5.74, 6) is -4.79. The second-order valence-electron chi connectivity index (χ2n) is 4.37. The molecule has 2 heterocycles. The third kappa shape index (κ3) is 1.20. The van der Waals surface area contributed by atoms with Gasteiger partial charge in [-0.3, -0.25) is 9.59 Å². The van der Waals surface area contributed by atoms with Crippen molar-refractivity contribution < 1.29 is 19.8 Å². The Labute approximate surface area is 97.3 Å². The van der Waals surface area contributed by atoms with E-state index < -0.39 is 17.5 Å². The predicted molar refractivity (Wildman–Crippen MR) is 58.6 cm³/mol. The molecule has 2 aliphatic heterocycles. The van der Waals surface area contributed by atoms with Crippen LogP contribution in [-0.2, 0) is 11.2 Å². The molecule has 1 amide bonds. The highest BCUT2D eigenvalue weighted by atomic mass is 16.5. The lowest BCUT2D eigenvalue weighted by Crippen LogP contribution is -2.59. The van der Waals surface area contributed by atoms with E-state index in [1.54, 1.807) is 6.07 Å². The maximum absolute atomic E-state index is 11.8. The summed E-state index contributed by atoms with van der Waals surface area (Å²) in [6.07, 6.45) is 1.55. The van der Waals surface area contributed by atoms with Gasteiger partial charge in [-0.15, -0.1) is 0 Å². The Bertz CT molecular complexity index is 535. The third-order valence-corrected chi connectivity index (χ3v) is 3.32. The van der Waals surface area contributed by atoms with E-state index in [1.165, 1.54) is 11.0 Å². The molecule has 0 saturated carbocycles. The van der Waals surface area contributed by atoms with Gasteiger partial charge < -0.3 is 15.1 Å². The molecule has 5 nitrogen and oxygen atoms in total. The van der Waals surface area contributed by atoms with Gasteiger partial charge in [-0.1, -0.05) is 12.1 Å². The van der Waals surface area contributed by atoms with Gasteiger partial charge >= 0.3 is 5.79 Å². The van der Waals surface area contributed by atoms with Gasteiger partial charge in [0.05, 0.1) is 5.69 Å². The van der Waals surface area contributed by atoms with Crippen LogP contribution in [0.5, 0.6) is 0 Å². The van der Waals surface area contributed by atoms with E-state index >= 15 is 0 Å². The number of benzene rings is 1. The van der Waals surface area contributed by atoms with Gasteiger partial charge in [-0.05, 0) is 24.5 Å². The average Bonchev–Trinajstić information content (AvgIpc) is 2.34. The van der Waals surface area contributed by atoms with Crippen LogP contribution in [0, 0.1) is 0 Å². The molecule has 0 spiro atoms. The second-order valence-corrected chi connectivity index (χ2v) is 4.37. The number of aryl methyl sites for hydroxylation is 1. The van der Waals surface area contributed by atoms with Crippen molar-refractivity contribution in [3.8, 4) is 0 Å². The zero-order valence-electron chi connectivity index (χ0n) is 9.01. The third-order valence-electron chi connectivity index (χ3n) is 3.32. The minimum absolute atomic E-state index is 0.215. The molecule has 1 aromatic rings. The maximum Gasteiger partial charge on any atom is 0.311 e. The van der Waals surface area contributed by atoms with E-state index in [2.05, 4.69) is 0 Å². The van der Waals surface area contributed by atoms with E-state index in [9.17, 15) is 19.8 Å². The van der Waals surface area contributed by atoms with Crippen LogP contribution in [0.25, 0.3) is 0 Å². The van der Waals surface area contributed by atoms with Crippen LogP contribution in [-0.4, -0.2) is 34.2 Å². The molecule has 0 aromatic heterocycles. The largest absolute Gasteiger partial charge is 0.352 e. The number of carbonyl (C=O) groups excluding carboxylic acids is 2. The standard InChI is InChI=1S/C12H11NO4/c14-10-8-5-1-3-7-4-2-6-13(9(7)8)11(15)12(10,16)17/h1,3,5,16-17H,2,4,6H2. The quantitative estimate of drug-likeness (QED) is 0.482. The van der Waals surface area contributed by atoms with Crippen molar-refractivity contribution in [2.75, 3.05) is 11.4 Å². The van der Waals surface area contributed by atoms with Crippen molar-refractivity contribution in [3.63, 3.8) is 0 Å². The Balaban J connectivity index is 2.31. The number of rotatable bonds is 0. The van der Waals surface area contributed by atoms with Crippen LogP contribution < -0.4 is 4.90 Å². The fourth-order valence-corrected chi connectivity index (χ4v) is 2.51. The minimum Gasteiger partial charge on any atom is -0.352 e. The molecule has 3 rings (SSSR count). The predicted octanol–water partition coefficient (Wildman–Crippen LogP) is -0.157. The van der Waals surface area contributed by atoms with Gasteiger partial charge in [0, 0.05) is 12.1 Å². The number of hydrogen-bond donors (Lipinski definition) is 2. The van der Waals surface area contributed by atoms with Gasteiger partial charge in [-0.2, -0.15) is 0 Å². The van der Waals surface area contributed by atoms with Crippen molar-refractivity contribution in [2.45, 2.75) is 18.6 Å². The summed E-state index contributed by atoms with van der Waals surface area (Å²) < 4.78 is 0. The Kier molecular flexibility index (Phi) is 1.93. The molecule has 1 aromatic carbocycles. The Hall–Kier alpha value is -1.72. The number of aliphatic hydroxyl groups is 2. The first-order valence-electron chi connectivity index (χ1n) is 5.47. The minimum atomic E-state index is -2.91. The second kappa shape index (κ2) is 3.15. The number of para-hydroxylation sites is 1. The van der Waals surface area contributed by atoms with Crippen LogP contribution in [0.1, 0.15) is 22.3 Å². The number of anilines is 1. The summed E-state index contributed by atoms with van der Waals surface area (Å²) in [5, 5.41) is 19.2. The molecule has 17 heavy (non-hydrogen) atoms. The molecule has 88 valence electrons. The molecule has 0 radical (unpaired) electrons.